The molecule has 0 aliphatic heterocycles. The van der Waals surface area contributed by atoms with Crippen LogP contribution in [0.3, 0.4) is 0 Å². The van der Waals surface area contributed by atoms with E-state index < -0.39 is 0 Å². The summed E-state index contributed by atoms with van der Waals surface area (Å²) < 4.78 is 1.35. The Kier molecular flexibility index (Phi) is 3.72. The van der Waals surface area contributed by atoms with Gasteiger partial charge in [0.25, 0.3) is 0 Å². The third-order valence-electron chi connectivity index (χ3n) is 3.37. The molecule has 0 N–H and O–H groups in total. The Morgan fingerprint density at radius 1 is 1.05 bits per heavy atom. The van der Waals surface area contributed by atoms with Crippen molar-refractivity contribution in [3.05, 3.63) is 70.6 Å². The molecule has 0 spiro atoms. The zero-order valence-electron chi connectivity index (χ0n) is 10.8. The Morgan fingerprint density at radius 2 is 1.79 bits per heavy atom. The highest BCUT2D eigenvalue weighted by Crippen LogP contribution is 2.38. The number of rotatable bonds is 3. The molecule has 0 bridgehead atoms. The van der Waals surface area contributed by atoms with Crippen LogP contribution in [-0.2, 0) is 6.42 Å². The lowest BCUT2D eigenvalue weighted by Crippen LogP contribution is -1.90. The third-order valence-corrected chi connectivity index (χ3v) is 5.88. The lowest BCUT2D eigenvalue weighted by atomic mass is 10.1. The van der Waals surface area contributed by atoms with E-state index in [2.05, 4.69) is 77.5 Å². The van der Waals surface area contributed by atoms with Gasteiger partial charge in [-0.2, -0.15) is 0 Å². The summed E-state index contributed by atoms with van der Waals surface area (Å²) in [5.74, 6) is 0. The summed E-state index contributed by atoms with van der Waals surface area (Å²) in [4.78, 5) is 1.65. The number of alkyl halides is 1. The molecule has 0 amide bonds. The maximum absolute atomic E-state index is 3.83. The molecule has 0 aliphatic carbocycles. The van der Waals surface area contributed by atoms with E-state index in [9.17, 15) is 0 Å². The van der Waals surface area contributed by atoms with Gasteiger partial charge in [0.05, 0.1) is 4.83 Å². The minimum Gasteiger partial charge on any atom is -0.139 e. The normalized spacial score (nSPS) is 12.7. The fourth-order valence-corrected chi connectivity index (χ4v) is 4.00. The van der Waals surface area contributed by atoms with Gasteiger partial charge >= 0.3 is 0 Å². The van der Waals surface area contributed by atoms with Gasteiger partial charge in [0.1, 0.15) is 0 Å². The first-order valence-electron chi connectivity index (χ1n) is 6.49. The highest BCUT2D eigenvalue weighted by Gasteiger charge is 2.13. The first kappa shape index (κ1) is 12.9. The Bertz CT molecular complexity index is 649. The van der Waals surface area contributed by atoms with Gasteiger partial charge in [0.15, 0.2) is 0 Å². The van der Waals surface area contributed by atoms with Crippen molar-refractivity contribution < 1.29 is 0 Å². The molecular weight excluding hydrogens is 316 g/mol. The van der Waals surface area contributed by atoms with Crippen LogP contribution in [0.1, 0.15) is 27.8 Å². The topological polar surface area (TPSA) is 0 Å². The Hall–Kier alpha value is -1.12. The van der Waals surface area contributed by atoms with Crippen molar-refractivity contribution in [2.75, 3.05) is 0 Å². The van der Waals surface area contributed by atoms with E-state index in [-0.39, 0.29) is 4.83 Å². The zero-order valence-corrected chi connectivity index (χ0v) is 13.2. The Morgan fingerprint density at radius 3 is 2.47 bits per heavy atom. The minimum absolute atomic E-state index is 0.288. The molecule has 3 aromatic rings. The van der Waals surface area contributed by atoms with E-state index in [0.29, 0.717) is 0 Å². The maximum Gasteiger partial charge on any atom is 0.0738 e. The summed E-state index contributed by atoms with van der Waals surface area (Å²) in [6.45, 7) is 2.19. The fraction of sp³-hybridized carbons (Fsp3) is 0.176. The van der Waals surface area contributed by atoms with Crippen LogP contribution >= 0.6 is 27.3 Å². The van der Waals surface area contributed by atoms with E-state index in [1.807, 2.05) is 11.3 Å². The zero-order chi connectivity index (χ0) is 13.2. The number of hydrogen-bond donors (Lipinski definition) is 0. The van der Waals surface area contributed by atoms with Crippen molar-refractivity contribution in [3.63, 3.8) is 0 Å². The van der Waals surface area contributed by atoms with E-state index in [1.165, 1.54) is 26.1 Å². The second-order valence-corrected chi connectivity index (χ2v) is 6.68. The molecule has 1 aromatic heterocycles. The summed E-state index contributed by atoms with van der Waals surface area (Å²) in [6.07, 6.45) is 1.09. The lowest BCUT2D eigenvalue weighted by molar-refractivity contribution is 1.12. The van der Waals surface area contributed by atoms with Crippen molar-refractivity contribution in [2.24, 2.45) is 0 Å². The summed E-state index contributed by atoms with van der Waals surface area (Å²) in [5.41, 5.74) is 2.71. The molecular formula is C17H15BrS. The van der Waals surface area contributed by atoms with Crippen molar-refractivity contribution >= 4 is 37.4 Å². The van der Waals surface area contributed by atoms with Gasteiger partial charge in [-0.05, 0) is 35.1 Å². The van der Waals surface area contributed by atoms with Crippen molar-refractivity contribution in [2.45, 2.75) is 18.2 Å². The molecule has 0 fully saturated rings. The molecule has 1 atom stereocenters. The van der Waals surface area contributed by atoms with Gasteiger partial charge in [-0.15, -0.1) is 11.3 Å². The van der Waals surface area contributed by atoms with Gasteiger partial charge in [0.2, 0.25) is 0 Å². The number of halogens is 1. The van der Waals surface area contributed by atoms with Gasteiger partial charge in [0, 0.05) is 9.58 Å². The Balaban J connectivity index is 1.95. The molecule has 0 nitrogen and oxygen atoms in total. The first-order valence-corrected chi connectivity index (χ1v) is 8.22. The van der Waals surface area contributed by atoms with Gasteiger partial charge < -0.3 is 0 Å². The highest BCUT2D eigenvalue weighted by atomic mass is 79.9. The molecule has 0 saturated heterocycles. The third kappa shape index (κ3) is 2.60. The monoisotopic (exact) mass is 330 g/mol. The van der Waals surface area contributed by atoms with Crippen molar-refractivity contribution in [1.29, 1.82) is 0 Å². The van der Waals surface area contributed by atoms with Crippen LogP contribution in [0.2, 0.25) is 0 Å². The average molecular weight is 331 g/mol. The Labute approximate surface area is 126 Å². The molecule has 19 heavy (non-hydrogen) atoms. The SMILES string of the molecule is CCc1ccc(C(Br)c2cc3ccccc3s2)cc1. The molecule has 0 aliphatic rings. The van der Waals surface area contributed by atoms with Crippen LogP contribution in [0.25, 0.3) is 10.1 Å². The molecule has 96 valence electrons. The molecule has 2 aromatic carbocycles. The van der Waals surface area contributed by atoms with Crippen LogP contribution in [0, 0.1) is 0 Å². The largest absolute Gasteiger partial charge is 0.139 e. The predicted octanol–water partition coefficient (Wildman–Crippen LogP) is 5.95. The van der Waals surface area contributed by atoms with Gasteiger partial charge in [-0.3, -0.25) is 0 Å². The summed E-state index contributed by atoms with van der Waals surface area (Å²) in [6, 6.07) is 19.7. The number of thiophene rings is 1. The summed E-state index contributed by atoms with van der Waals surface area (Å²) in [5, 5.41) is 1.33. The lowest BCUT2D eigenvalue weighted by Gasteiger charge is -2.08. The average Bonchev–Trinajstić information content (AvgIpc) is 2.90. The smallest absolute Gasteiger partial charge is 0.0738 e. The van der Waals surface area contributed by atoms with Crippen molar-refractivity contribution in [3.8, 4) is 0 Å². The number of benzene rings is 2. The summed E-state index contributed by atoms with van der Waals surface area (Å²) >= 11 is 5.69. The number of hydrogen-bond acceptors (Lipinski definition) is 1. The molecule has 1 unspecified atom stereocenters. The second kappa shape index (κ2) is 5.48. The number of aryl methyl sites for hydroxylation is 1. The van der Waals surface area contributed by atoms with Crippen LogP contribution in [0.5, 0.6) is 0 Å². The second-order valence-electron chi connectivity index (χ2n) is 4.64. The minimum atomic E-state index is 0.288. The highest BCUT2D eigenvalue weighted by molar-refractivity contribution is 9.09. The van der Waals surface area contributed by atoms with Crippen molar-refractivity contribution in [1.82, 2.24) is 0 Å². The van der Waals surface area contributed by atoms with Crippen LogP contribution in [-0.4, -0.2) is 0 Å². The molecule has 0 saturated carbocycles. The number of fused-ring (bicyclic) bond motifs is 1. The van der Waals surface area contributed by atoms with Gasteiger partial charge in [-0.1, -0.05) is 65.3 Å². The van der Waals surface area contributed by atoms with E-state index in [4.69, 9.17) is 0 Å². The van der Waals surface area contributed by atoms with Crippen LogP contribution in [0.15, 0.2) is 54.6 Å². The van der Waals surface area contributed by atoms with E-state index in [0.717, 1.165) is 6.42 Å². The van der Waals surface area contributed by atoms with Crippen LogP contribution < -0.4 is 0 Å². The maximum atomic E-state index is 3.83. The molecule has 1 heterocycles. The fourth-order valence-electron chi connectivity index (χ4n) is 2.21. The van der Waals surface area contributed by atoms with E-state index in [1.54, 1.807) is 0 Å². The van der Waals surface area contributed by atoms with Crippen LogP contribution in [0.4, 0.5) is 0 Å². The van der Waals surface area contributed by atoms with E-state index >= 15 is 0 Å². The molecule has 2 heteroatoms. The standard InChI is InChI=1S/C17H15BrS/c1-2-12-7-9-13(10-8-12)17(18)16-11-14-5-3-4-6-15(14)19-16/h3-11,17H,2H2,1H3. The first-order chi connectivity index (χ1) is 9.28. The summed E-state index contributed by atoms with van der Waals surface area (Å²) in [7, 11) is 0. The quantitative estimate of drug-likeness (QED) is 0.520. The van der Waals surface area contributed by atoms with Gasteiger partial charge in [-0.25, -0.2) is 0 Å². The molecule has 0 radical (unpaired) electrons. The predicted molar refractivity (Wildman–Crippen MR) is 88.4 cm³/mol. The molecule has 3 rings (SSSR count).